The minimum Gasteiger partial charge on any atom is -0.481 e. The van der Waals surface area contributed by atoms with Gasteiger partial charge < -0.3 is 10.2 Å². The molecule has 5 saturated carbocycles. The number of hydrogen-bond acceptors (Lipinski definition) is 2. The zero-order valence-electron chi connectivity index (χ0n) is 15.6. The molecule has 26 heavy (non-hydrogen) atoms. The number of rotatable bonds is 2. The van der Waals surface area contributed by atoms with Gasteiger partial charge in [-0.3, -0.25) is 9.59 Å². The van der Waals surface area contributed by atoms with E-state index in [1.807, 2.05) is 0 Å². The maximum atomic E-state index is 12.1. The lowest BCUT2D eigenvalue weighted by atomic mass is 9.48. The lowest BCUT2D eigenvalue weighted by Gasteiger charge is -2.56. The molecule has 0 heterocycles. The van der Waals surface area contributed by atoms with Crippen molar-refractivity contribution in [2.24, 2.45) is 52.8 Å². The molecule has 0 spiro atoms. The van der Waals surface area contributed by atoms with E-state index in [2.05, 4.69) is 0 Å². The predicted octanol–water partition coefficient (Wildman–Crippen LogP) is 4.43. The van der Waals surface area contributed by atoms with E-state index in [9.17, 15) is 19.8 Å². The highest BCUT2D eigenvalue weighted by atomic mass is 16.4. The Morgan fingerprint density at radius 3 is 2.19 bits per heavy atom. The van der Waals surface area contributed by atoms with Crippen LogP contribution in [0.25, 0.3) is 0 Å². The van der Waals surface area contributed by atoms with Crippen molar-refractivity contribution < 1.29 is 19.8 Å². The van der Waals surface area contributed by atoms with Gasteiger partial charge in [-0.05, 0) is 106 Å². The van der Waals surface area contributed by atoms with Crippen LogP contribution in [0, 0.1) is 52.8 Å². The van der Waals surface area contributed by atoms with E-state index >= 15 is 0 Å². The summed E-state index contributed by atoms with van der Waals surface area (Å²) in [5.41, 5.74) is -0.428. The average Bonchev–Trinajstić information content (AvgIpc) is 3.25. The summed E-state index contributed by atoms with van der Waals surface area (Å²) < 4.78 is 0. The molecule has 5 fully saturated rings. The van der Waals surface area contributed by atoms with Crippen LogP contribution in [-0.4, -0.2) is 22.2 Å². The molecule has 0 aromatic heterocycles. The van der Waals surface area contributed by atoms with E-state index in [4.69, 9.17) is 0 Å². The van der Waals surface area contributed by atoms with Crippen LogP contribution < -0.4 is 0 Å². The van der Waals surface area contributed by atoms with Crippen LogP contribution in [-0.2, 0) is 9.59 Å². The first-order valence-corrected chi connectivity index (χ1v) is 11.0. The number of fused-ring (bicyclic) bond motifs is 7. The maximum absolute atomic E-state index is 12.1. The Kier molecular flexibility index (Phi) is 3.92. The van der Waals surface area contributed by atoms with Crippen molar-refractivity contribution in [3.05, 3.63) is 0 Å². The summed E-state index contributed by atoms with van der Waals surface area (Å²) in [4.78, 5) is 23.9. The molecule has 0 amide bonds. The zero-order chi connectivity index (χ0) is 18.1. The number of carbonyl (C=O) groups is 2. The summed E-state index contributed by atoms with van der Waals surface area (Å²) in [5, 5.41) is 19.7. The molecule has 0 bridgehead atoms. The van der Waals surface area contributed by atoms with Gasteiger partial charge >= 0.3 is 11.9 Å². The fourth-order valence-electron chi connectivity index (χ4n) is 8.90. The SMILES string of the molecule is O=C(O)C1CCC2CCC3C4CCC5(C(=O)O)CCCC5C4CCC3C21. The third-order valence-electron chi connectivity index (χ3n) is 9.74. The standard InChI is InChI=1S/C22H32O4/c23-20(24)17-6-4-12-3-5-13-14-9-11-22(21(25)26)10-1-2-18(22)15(14)7-8-16(13)19(12)17/h12-19H,1-11H2,(H,23,24)(H,25,26). The van der Waals surface area contributed by atoms with Gasteiger partial charge in [0, 0.05) is 0 Å². The van der Waals surface area contributed by atoms with Crippen molar-refractivity contribution in [2.45, 2.75) is 70.6 Å². The molecule has 0 aromatic carbocycles. The smallest absolute Gasteiger partial charge is 0.309 e. The predicted molar refractivity (Wildman–Crippen MR) is 96.4 cm³/mol. The summed E-state index contributed by atoms with van der Waals surface area (Å²) in [6, 6.07) is 0. The van der Waals surface area contributed by atoms with Crippen LogP contribution in [0.1, 0.15) is 70.6 Å². The van der Waals surface area contributed by atoms with Gasteiger partial charge in [-0.1, -0.05) is 6.42 Å². The molecule has 0 saturated heterocycles. The van der Waals surface area contributed by atoms with Crippen LogP contribution in [0.4, 0.5) is 0 Å². The Labute approximate surface area is 155 Å². The van der Waals surface area contributed by atoms with Crippen molar-refractivity contribution >= 4 is 11.9 Å². The van der Waals surface area contributed by atoms with E-state index in [0.29, 0.717) is 41.4 Å². The number of carboxylic acids is 2. The van der Waals surface area contributed by atoms with Gasteiger partial charge in [0.1, 0.15) is 0 Å². The fourth-order valence-corrected chi connectivity index (χ4v) is 8.90. The van der Waals surface area contributed by atoms with Crippen molar-refractivity contribution in [3.8, 4) is 0 Å². The zero-order valence-corrected chi connectivity index (χ0v) is 15.6. The third-order valence-corrected chi connectivity index (χ3v) is 9.74. The molecule has 2 N–H and O–H groups in total. The molecule has 144 valence electrons. The molecule has 5 aliphatic rings. The Balaban J connectivity index is 1.42. The van der Waals surface area contributed by atoms with Crippen LogP contribution in [0.2, 0.25) is 0 Å². The highest BCUT2D eigenvalue weighted by Gasteiger charge is 2.60. The number of hydrogen-bond donors (Lipinski definition) is 2. The van der Waals surface area contributed by atoms with E-state index in [0.717, 1.165) is 57.8 Å². The van der Waals surface area contributed by atoms with Crippen molar-refractivity contribution in [2.75, 3.05) is 0 Å². The minimum atomic E-state index is -0.565. The maximum Gasteiger partial charge on any atom is 0.309 e. The minimum absolute atomic E-state index is 0.113. The summed E-state index contributed by atoms with van der Waals surface area (Å²) >= 11 is 0. The second kappa shape index (κ2) is 5.97. The van der Waals surface area contributed by atoms with Gasteiger partial charge in [-0.15, -0.1) is 0 Å². The molecule has 5 rings (SSSR count). The topological polar surface area (TPSA) is 74.6 Å². The first-order valence-electron chi connectivity index (χ1n) is 11.0. The molecule has 4 heteroatoms. The normalized spacial score (nSPS) is 52.5. The van der Waals surface area contributed by atoms with E-state index < -0.39 is 17.4 Å². The monoisotopic (exact) mass is 360 g/mol. The Morgan fingerprint density at radius 1 is 0.731 bits per heavy atom. The van der Waals surface area contributed by atoms with E-state index in [1.165, 1.54) is 12.8 Å². The average molecular weight is 360 g/mol. The van der Waals surface area contributed by atoms with Crippen molar-refractivity contribution in [1.29, 1.82) is 0 Å². The van der Waals surface area contributed by atoms with Gasteiger partial charge in [-0.25, -0.2) is 0 Å². The highest BCUT2D eigenvalue weighted by Crippen LogP contribution is 2.65. The molecule has 5 aliphatic carbocycles. The largest absolute Gasteiger partial charge is 0.481 e. The van der Waals surface area contributed by atoms with Crippen LogP contribution in [0.3, 0.4) is 0 Å². The first kappa shape index (κ1) is 17.1. The molecular weight excluding hydrogens is 328 g/mol. The van der Waals surface area contributed by atoms with Crippen LogP contribution in [0.15, 0.2) is 0 Å². The summed E-state index contributed by atoms with van der Waals surface area (Å²) in [6.07, 6.45) is 11.8. The van der Waals surface area contributed by atoms with Gasteiger partial charge in [-0.2, -0.15) is 0 Å². The number of aliphatic carboxylic acids is 2. The van der Waals surface area contributed by atoms with Gasteiger partial charge in [0.25, 0.3) is 0 Å². The second-order valence-electron chi connectivity index (χ2n) is 10.2. The molecule has 0 aromatic rings. The molecule has 9 atom stereocenters. The van der Waals surface area contributed by atoms with Crippen LogP contribution >= 0.6 is 0 Å². The van der Waals surface area contributed by atoms with Crippen molar-refractivity contribution in [3.63, 3.8) is 0 Å². The van der Waals surface area contributed by atoms with Gasteiger partial charge in [0.2, 0.25) is 0 Å². The van der Waals surface area contributed by atoms with Crippen LogP contribution in [0.5, 0.6) is 0 Å². The van der Waals surface area contributed by atoms with Gasteiger partial charge in [0.15, 0.2) is 0 Å². The lowest BCUT2D eigenvalue weighted by molar-refractivity contribution is -0.163. The molecule has 9 unspecified atom stereocenters. The molecule has 0 aliphatic heterocycles. The highest BCUT2D eigenvalue weighted by molar-refractivity contribution is 5.75. The Bertz CT molecular complexity index is 605. The second-order valence-corrected chi connectivity index (χ2v) is 10.2. The summed E-state index contributed by atoms with van der Waals surface area (Å²) in [6.45, 7) is 0. The summed E-state index contributed by atoms with van der Waals surface area (Å²) in [5.74, 6) is 2.73. The number of carboxylic acid groups (broad SMARTS) is 2. The van der Waals surface area contributed by atoms with E-state index in [-0.39, 0.29) is 5.92 Å². The van der Waals surface area contributed by atoms with E-state index in [1.54, 1.807) is 0 Å². The quantitative estimate of drug-likeness (QED) is 0.764. The summed E-state index contributed by atoms with van der Waals surface area (Å²) in [7, 11) is 0. The Hall–Kier alpha value is -1.06. The van der Waals surface area contributed by atoms with Crippen molar-refractivity contribution in [1.82, 2.24) is 0 Å². The molecule has 0 radical (unpaired) electrons. The van der Waals surface area contributed by atoms with Gasteiger partial charge in [0.05, 0.1) is 11.3 Å². The Morgan fingerprint density at radius 2 is 1.42 bits per heavy atom. The molecule has 4 nitrogen and oxygen atoms in total. The fraction of sp³-hybridized carbons (Fsp3) is 0.909. The third kappa shape index (κ3) is 2.19. The first-order chi connectivity index (χ1) is 12.5. The lowest BCUT2D eigenvalue weighted by Crippen LogP contribution is -2.52. The molecular formula is C22H32O4.